The molecule has 23 heavy (non-hydrogen) atoms. The fraction of sp³-hybridized carbons (Fsp3) is 0.316. The fourth-order valence-electron chi connectivity index (χ4n) is 2.44. The Morgan fingerprint density at radius 2 is 1.57 bits per heavy atom. The monoisotopic (exact) mass is 311 g/mol. The highest BCUT2D eigenvalue weighted by molar-refractivity contribution is 5.91. The van der Waals surface area contributed by atoms with Crippen LogP contribution in [0.15, 0.2) is 54.6 Å². The summed E-state index contributed by atoms with van der Waals surface area (Å²) in [6.07, 6.45) is 0.437. The molecule has 0 bridgehead atoms. The van der Waals surface area contributed by atoms with Crippen molar-refractivity contribution in [2.24, 2.45) is 0 Å². The van der Waals surface area contributed by atoms with E-state index in [-0.39, 0.29) is 5.91 Å². The Labute approximate surface area is 138 Å². The number of carbonyl (C=O) groups excluding carboxylic acids is 1. The van der Waals surface area contributed by atoms with Gasteiger partial charge in [0.1, 0.15) is 0 Å². The second-order valence-electron chi connectivity index (χ2n) is 5.31. The maximum absolute atomic E-state index is 12.0. The van der Waals surface area contributed by atoms with Gasteiger partial charge in [0.25, 0.3) is 0 Å². The van der Waals surface area contributed by atoms with Crippen molar-refractivity contribution in [2.45, 2.75) is 20.3 Å². The molecule has 4 nitrogen and oxygen atoms in total. The maximum Gasteiger partial charge on any atom is 0.226 e. The van der Waals surface area contributed by atoms with Crippen LogP contribution in [0.2, 0.25) is 0 Å². The van der Waals surface area contributed by atoms with E-state index in [0.717, 1.165) is 24.5 Å². The number of benzene rings is 2. The first-order valence-corrected chi connectivity index (χ1v) is 8.16. The van der Waals surface area contributed by atoms with Crippen LogP contribution in [0.3, 0.4) is 0 Å². The standard InChI is InChI=1S/C19H25N3O/c1-3-22(4-2)18-12-10-17(11-13-18)21-19(23)14-15-20-16-8-6-5-7-9-16/h5-13,20H,3-4,14-15H2,1-2H3,(H,21,23). The molecule has 0 radical (unpaired) electrons. The molecular weight excluding hydrogens is 286 g/mol. The maximum atomic E-state index is 12.0. The SMILES string of the molecule is CCN(CC)c1ccc(NC(=O)CCNc2ccccc2)cc1. The zero-order valence-electron chi connectivity index (χ0n) is 13.9. The predicted molar refractivity (Wildman–Crippen MR) is 98.2 cm³/mol. The molecule has 2 aromatic carbocycles. The largest absolute Gasteiger partial charge is 0.385 e. The average Bonchev–Trinajstić information content (AvgIpc) is 2.58. The van der Waals surface area contributed by atoms with Crippen molar-refractivity contribution < 1.29 is 4.79 Å². The number of amides is 1. The summed E-state index contributed by atoms with van der Waals surface area (Å²) in [4.78, 5) is 14.2. The highest BCUT2D eigenvalue weighted by Gasteiger charge is 2.04. The van der Waals surface area contributed by atoms with E-state index in [4.69, 9.17) is 0 Å². The second-order valence-corrected chi connectivity index (χ2v) is 5.31. The van der Waals surface area contributed by atoms with E-state index >= 15 is 0 Å². The minimum Gasteiger partial charge on any atom is -0.385 e. The van der Waals surface area contributed by atoms with Gasteiger partial charge in [-0.25, -0.2) is 0 Å². The fourth-order valence-corrected chi connectivity index (χ4v) is 2.44. The van der Waals surface area contributed by atoms with Crippen LogP contribution in [0.1, 0.15) is 20.3 Å². The number of nitrogens with zero attached hydrogens (tertiary/aromatic N) is 1. The van der Waals surface area contributed by atoms with Gasteiger partial charge in [-0.15, -0.1) is 0 Å². The van der Waals surface area contributed by atoms with Crippen LogP contribution >= 0.6 is 0 Å². The third-order valence-corrected chi connectivity index (χ3v) is 3.73. The minimum atomic E-state index is 0.0176. The predicted octanol–water partition coefficient (Wildman–Crippen LogP) is 3.97. The Morgan fingerprint density at radius 1 is 0.913 bits per heavy atom. The lowest BCUT2D eigenvalue weighted by molar-refractivity contribution is -0.115. The molecule has 0 atom stereocenters. The summed E-state index contributed by atoms with van der Waals surface area (Å²) >= 11 is 0. The van der Waals surface area contributed by atoms with Crippen LogP contribution in [0.5, 0.6) is 0 Å². The lowest BCUT2D eigenvalue weighted by atomic mass is 10.2. The molecule has 0 heterocycles. The summed E-state index contributed by atoms with van der Waals surface area (Å²) < 4.78 is 0. The number of para-hydroxylation sites is 1. The van der Waals surface area contributed by atoms with E-state index in [2.05, 4.69) is 29.4 Å². The molecule has 122 valence electrons. The molecule has 4 heteroatoms. The first kappa shape index (κ1) is 16.9. The van der Waals surface area contributed by atoms with E-state index in [1.165, 1.54) is 5.69 Å². The summed E-state index contributed by atoms with van der Waals surface area (Å²) in [6, 6.07) is 17.9. The number of carbonyl (C=O) groups is 1. The minimum absolute atomic E-state index is 0.0176. The summed E-state index contributed by atoms with van der Waals surface area (Å²) in [7, 11) is 0. The molecule has 2 N–H and O–H groups in total. The van der Waals surface area contributed by atoms with E-state index in [9.17, 15) is 4.79 Å². The van der Waals surface area contributed by atoms with E-state index in [0.29, 0.717) is 13.0 Å². The molecular formula is C19H25N3O. The van der Waals surface area contributed by atoms with Gasteiger partial charge in [-0.3, -0.25) is 4.79 Å². The van der Waals surface area contributed by atoms with E-state index in [1.54, 1.807) is 0 Å². The van der Waals surface area contributed by atoms with Crippen molar-refractivity contribution in [3.8, 4) is 0 Å². The van der Waals surface area contributed by atoms with Crippen LogP contribution in [0.25, 0.3) is 0 Å². The van der Waals surface area contributed by atoms with Crippen LogP contribution in [0, 0.1) is 0 Å². The molecule has 0 saturated carbocycles. The highest BCUT2D eigenvalue weighted by atomic mass is 16.1. The molecule has 0 unspecified atom stereocenters. The smallest absolute Gasteiger partial charge is 0.226 e. The first-order valence-electron chi connectivity index (χ1n) is 8.16. The van der Waals surface area contributed by atoms with Crippen molar-refractivity contribution in [1.82, 2.24) is 0 Å². The first-order chi connectivity index (χ1) is 11.2. The van der Waals surface area contributed by atoms with Gasteiger partial charge in [0.2, 0.25) is 5.91 Å². The second kappa shape index (κ2) is 8.83. The zero-order chi connectivity index (χ0) is 16.5. The van der Waals surface area contributed by atoms with E-state index < -0.39 is 0 Å². The van der Waals surface area contributed by atoms with Crippen molar-refractivity contribution >= 4 is 23.0 Å². The number of rotatable bonds is 8. The van der Waals surface area contributed by atoms with Gasteiger partial charge >= 0.3 is 0 Å². The summed E-state index contributed by atoms with van der Waals surface area (Å²) in [5, 5.41) is 6.17. The summed E-state index contributed by atoms with van der Waals surface area (Å²) in [5.41, 5.74) is 3.05. The molecule has 2 aromatic rings. The van der Waals surface area contributed by atoms with Crippen molar-refractivity contribution in [3.63, 3.8) is 0 Å². The van der Waals surface area contributed by atoms with Crippen molar-refractivity contribution in [1.29, 1.82) is 0 Å². The quantitative estimate of drug-likeness (QED) is 0.775. The molecule has 0 aromatic heterocycles. The lowest BCUT2D eigenvalue weighted by Gasteiger charge is -2.21. The highest BCUT2D eigenvalue weighted by Crippen LogP contribution is 2.17. The Hall–Kier alpha value is -2.49. The zero-order valence-corrected chi connectivity index (χ0v) is 13.9. The molecule has 0 aliphatic carbocycles. The van der Waals surface area contributed by atoms with Gasteiger partial charge in [0.05, 0.1) is 0 Å². The Morgan fingerprint density at radius 3 is 2.17 bits per heavy atom. The number of nitrogens with one attached hydrogen (secondary N) is 2. The number of hydrogen-bond acceptors (Lipinski definition) is 3. The van der Waals surface area contributed by atoms with Gasteiger partial charge in [-0.2, -0.15) is 0 Å². The topological polar surface area (TPSA) is 44.4 Å². The van der Waals surface area contributed by atoms with Crippen LogP contribution in [-0.2, 0) is 4.79 Å². The molecule has 1 amide bonds. The molecule has 0 saturated heterocycles. The third kappa shape index (κ3) is 5.33. The van der Waals surface area contributed by atoms with Crippen LogP contribution in [0.4, 0.5) is 17.1 Å². The third-order valence-electron chi connectivity index (χ3n) is 3.73. The van der Waals surface area contributed by atoms with Gasteiger partial charge in [0.15, 0.2) is 0 Å². The van der Waals surface area contributed by atoms with Gasteiger partial charge in [0, 0.05) is 43.1 Å². The van der Waals surface area contributed by atoms with Gasteiger partial charge in [-0.1, -0.05) is 18.2 Å². The van der Waals surface area contributed by atoms with E-state index in [1.807, 2.05) is 54.6 Å². The normalized spacial score (nSPS) is 10.2. The molecule has 0 spiro atoms. The van der Waals surface area contributed by atoms with Crippen LogP contribution < -0.4 is 15.5 Å². The Balaban J connectivity index is 1.78. The van der Waals surface area contributed by atoms with Crippen molar-refractivity contribution in [3.05, 3.63) is 54.6 Å². The lowest BCUT2D eigenvalue weighted by Crippen LogP contribution is -2.21. The summed E-state index contributed by atoms with van der Waals surface area (Å²) in [5.74, 6) is 0.0176. The number of hydrogen-bond donors (Lipinski definition) is 2. The molecule has 0 aliphatic heterocycles. The Bertz CT molecular complexity index is 592. The molecule has 2 rings (SSSR count). The summed E-state index contributed by atoms with van der Waals surface area (Å²) in [6.45, 7) is 6.85. The van der Waals surface area contributed by atoms with Crippen molar-refractivity contribution in [2.75, 3.05) is 35.2 Å². The van der Waals surface area contributed by atoms with Crippen LogP contribution in [-0.4, -0.2) is 25.5 Å². The van der Waals surface area contributed by atoms with Gasteiger partial charge in [-0.05, 0) is 50.2 Å². The average molecular weight is 311 g/mol. The molecule has 0 aliphatic rings. The molecule has 0 fully saturated rings. The Kier molecular flexibility index (Phi) is 6.48. The van der Waals surface area contributed by atoms with Gasteiger partial charge < -0.3 is 15.5 Å². The number of anilines is 3.